The maximum atomic E-state index is 5.71. The molecule has 0 aromatic heterocycles. The quantitative estimate of drug-likeness (QED) is 0.589. The Morgan fingerprint density at radius 1 is 0.900 bits per heavy atom. The van der Waals surface area contributed by atoms with E-state index in [1.54, 1.807) is 26.0 Å². The molecule has 0 unspecified atom stereocenters. The monoisotopic (exact) mass is 288 g/mol. The molecule has 3 heteroatoms. The van der Waals surface area contributed by atoms with Crippen molar-refractivity contribution < 1.29 is 9.47 Å². The van der Waals surface area contributed by atoms with E-state index in [1.807, 2.05) is 30.3 Å². The van der Waals surface area contributed by atoms with Crippen LogP contribution in [-0.2, 0) is 21.7 Å². The van der Waals surface area contributed by atoms with Gasteiger partial charge in [-0.3, -0.25) is 0 Å². The third-order valence-electron chi connectivity index (χ3n) is 3.47. The van der Waals surface area contributed by atoms with Gasteiger partial charge in [-0.25, -0.2) is 0 Å². The summed E-state index contributed by atoms with van der Waals surface area (Å²) in [6.07, 6.45) is 2.76. The second-order valence-corrected chi connectivity index (χ2v) is 5.43. The molecule has 0 atom stereocenters. The van der Waals surface area contributed by atoms with Crippen LogP contribution >= 0.6 is 11.8 Å². The summed E-state index contributed by atoms with van der Waals surface area (Å²) in [5.41, 5.74) is 2.22. The van der Waals surface area contributed by atoms with Gasteiger partial charge < -0.3 is 9.47 Å². The number of methoxy groups -OCH3 is 2. The molecule has 0 radical (unpaired) electrons. The van der Waals surface area contributed by atoms with Crippen LogP contribution in [0.2, 0.25) is 0 Å². The van der Waals surface area contributed by atoms with Gasteiger partial charge in [0.15, 0.2) is 5.79 Å². The van der Waals surface area contributed by atoms with E-state index in [4.69, 9.17) is 9.47 Å². The molecule has 2 aromatic carbocycles. The molecule has 0 saturated carbocycles. The van der Waals surface area contributed by atoms with Crippen molar-refractivity contribution in [2.24, 2.45) is 0 Å². The van der Waals surface area contributed by atoms with Crippen LogP contribution in [0.15, 0.2) is 59.5 Å². The maximum Gasteiger partial charge on any atom is 0.198 e. The Labute approximate surface area is 125 Å². The zero-order valence-electron chi connectivity index (χ0n) is 12.1. The Morgan fingerprint density at radius 3 is 2.00 bits per heavy atom. The highest BCUT2D eigenvalue weighted by atomic mass is 32.2. The number of benzene rings is 2. The van der Waals surface area contributed by atoms with Crippen molar-refractivity contribution in [2.75, 3.05) is 20.5 Å². The molecule has 0 bridgehead atoms. The van der Waals surface area contributed by atoms with E-state index in [1.165, 1.54) is 10.5 Å². The highest BCUT2D eigenvalue weighted by Crippen LogP contribution is 2.30. The summed E-state index contributed by atoms with van der Waals surface area (Å²) in [4.78, 5) is 1.26. The lowest BCUT2D eigenvalue weighted by molar-refractivity contribution is -0.215. The molecule has 0 saturated heterocycles. The van der Waals surface area contributed by atoms with E-state index >= 15 is 0 Å². The number of hydrogen-bond acceptors (Lipinski definition) is 3. The Hall–Kier alpha value is -1.29. The summed E-state index contributed by atoms with van der Waals surface area (Å²) < 4.78 is 11.4. The number of hydrogen-bond donors (Lipinski definition) is 0. The van der Waals surface area contributed by atoms with Crippen molar-refractivity contribution in [3.8, 4) is 0 Å². The summed E-state index contributed by atoms with van der Waals surface area (Å²) in [7, 11) is 3.37. The van der Waals surface area contributed by atoms with Gasteiger partial charge in [0.2, 0.25) is 0 Å². The summed E-state index contributed by atoms with van der Waals surface area (Å²) in [6, 6.07) is 18.6. The van der Waals surface area contributed by atoms with Gasteiger partial charge in [0.05, 0.1) is 0 Å². The SMILES string of the molecule is COC(Cc1ccc(SC)cc1)(OC)c1ccccc1. The van der Waals surface area contributed by atoms with Gasteiger partial charge in [0, 0.05) is 31.1 Å². The van der Waals surface area contributed by atoms with E-state index in [0.29, 0.717) is 6.42 Å². The van der Waals surface area contributed by atoms with Crippen molar-refractivity contribution in [2.45, 2.75) is 17.1 Å². The van der Waals surface area contributed by atoms with Gasteiger partial charge in [0.1, 0.15) is 0 Å². The van der Waals surface area contributed by atoms with Gasteiger partial charge in [-0.1, -0.05) is 42.5 Å². The van der Waals surface area contributed by atoms with E-state index in [2.05, 4.69) is 30.5 Å². The molecule has 2 aromatic rings. The van der Waals surface area contributed by atoms with Crippen LogP contribution in [-0.4, -0.2) is 20.5 Å². The minimum atomic E-state index is -0.734. The first-order chi connectivity index (χ1) is 9.74. The van der Waals surface area contributed by atoms with Gasteiger partial charge in [0.25, 0.3) is 0 Å². The van der Waals surface area contributed by atoms with Gasteiger partial charge in [-0.05, 0) is 24.0 Å². The fraction of sp³-hybridized carbons (Fsp3) is 0.294. The van der Waals surface area contributed by atoms with Crippen LogP contribution in [0.1, 0.15) is 11.1 Å². The standard InChI is InChI=1S/C17H20O2S/c1-18-17(19-2,15-7-5-4-6-8-15)13-14-9-11-16(20-3)12-10-14/h4-12H,13H2,1-3H3. The summed E-state index contributed by atoms with van der Waals surface area (Å²) >= 11 is 1.74. The zero-order chi connectivity index (χ0) is 14.4. The normalized spacial score (nSPS) is 11.6. The minimum absolute atomic E-state index is 0.679. The van der Waals surface area contributed by atoms with Crippen molar-refractivity contribution in [1.82, 2.24) is 0 Å². The largest absolute Gasteiger partial charge is 0.349 e. The lowest BCUT2D eigenvalue weighted by Crippen LogP contribution is -2.33. The van der Waals surface area contributed by atoms with Gasteiger partial charge in [-0.15, -0.1) is 11.8 Å². The molecule has 2 rings (SSSR count). The van der Waals surface area contributed by atoms with Gasteiger partial charge >= 0.3 is 0 Å². The lowest BCUT2D eigenvalue weighted by atomic mass is 9.97. The lowest BCUT2D eigenvalue weighted by Gasteiger charge is -2.31. The van der Waals surface area contributed by atoms with Crippen molar-refractivity contribution >= 4 is 11.8 Å². The summed E-state index contributed by atoms with van der Waals surface area (Å²) in [5.74, 6) is -0.734. The van der Waals surface area contributed by atoms with E-state index in [9.17, 15) is 0 Å². The summed E-state index contributed by atoms with van der Waals surface area (Å²) in [5, 5.41) is 0. The highest BCUT2D eigenvalue weighted by Gasteiger charge is 2.32. The Morgan fingerprint density at radius 2 is 1.50 bits per heavy atom. The smallest absolute Gasteiger partial charge is 0.198 e. The molecule has 0 amide bonds. The molecule has 0 fully saturated rings. The molecule has 0 aliphatic rings. The van der Waals surface area contributed by atoms with Gasteiger partial charge in [-0.2, -0.15) is 0 Å². The first kappa shape index (κ1) is 15.1. The van der Waals surface area contributed by atoms with Crippen LogP contribution in [0.25, 0.3) is 0 Å². The predicted octanol–water partition coefficient (Wildman–Crippen LogP) is 4.10. The molecule has 0 aliphatic carbocycles. The number of thioether (sulfide) groups is 1. The molecule has 20 heavy (non-hydrogen) atoms. The van der Waals surface area contributed by atoms with Crippen molar-refractivity contribution in [1.29, 1.82) is 0 Å². The van der Waals surface area contributed by atoms with Crippen LogP contribution in [0.3, 0.4) is 0 Å². The third-order valence-corrected chi connectivity index (χ3v) is 4.21. The topological polar surface area (TPSA) is 18.5 Å². The molecular weight excluding hydrogens is 268 g/mol. The Kier molecular flexibility index (Phi) is 5.24. The minimum Gasteiger partial charge on any atom is -0.349 e. The number of rotatable bonds is 6. The molecule has 0 N–H and O–H groups in total. The fourth-order valence-electron chi connectivity index (χ4n) is 2.27. The van der Waals surface area contributed by atoms with E-state index in [0.717, 1.165) is 5.56 Å². The summed E-state index contributed by atoms with van der Waals surface area (Å²) in [6.45, 7) is 0. The average molecular weight is 288 g/mol. The second kappa shape index (κ2) is 6.93. The highest BCUT2D eigenvalue weighted by molar-refractivity contribution is 7.98. The Balaban J connectivity index is 2.29. The molecule has 0 heterocycles. The third kappa shape index (κ3) is 3.23. The average Bonchev–Trinajstić information content (AvgIpc) is 2.54. The first-order valence-electron chi connectivity index (χ1n) is 6.53. The molecular formula is C17H20O2S. The van der Waals surface area contributed by atoms with E-state index in [-0.39, 0.29) is 0 Å². The van der Waals surface area contributed by atoms with Crippen LogP contribution in [0.5, 0.6) is 0 Å². The van der Waals surface area contributed by atoms with Crippen LogP contribution < -0.4 is 0 Å². The van der Waals surface area contributed by atoms with Crippen molar-refractivity contribution in [3.63, 3.8) is 0 Å². The zero-order valence-corrected chi connectivity index (χ0v) is 12.9. The second-order valence-electron chi connectivity index (χ2n) is 4.55. The molecule has 0 aliphatic heterocycles. The fourth-order valence-corrected chi connectivity index (χ4v) is 2.68. The predicted molar refractivity (Wildman–Crippen MR) is 84.1 cm³/mol. The Bertz CT molecular complexity index is 518. The first-order valence-corrected chi connectivity index (χ1v) is 7.75. The molecule has 106 valence electrons. The van der Waals surface area contributed by atoms with Crippen LogP contribution in [0.4, 0.5) is 0 Å². The van der Waals surface area contributed by atoms with Crippen LogP contribution in [0, 0.1) is 0 Å². The molecule has 0 spiro atoms. The van der Waals surface area contributed by atoms with Crippen molar-refractivity contribution in [3.05, 3.63) is 65.7 Å². The maximum absolute atomic E-state index is 5.71. The number of ether oxygens (including phenoxy) is 2. The van der Waals surface area contributed by atoms with E-state index < -0.39 is 5.79 Å². The molecule has 2 nitrogen and oxygen atoms in total.